The first-order chi connectivity index (χ1) is 12.1. The van der Waals surface area contributed by atoms with Gasteiger partial charge in [0.15, 0.2) is 0 Å². The van der Waals surface area contributed by atoms with Crippen LogP contribution in [0.4, 0.5) is 14.9 Å². The van der Waals surface area contributed by atoms with Crippen molar-refractivity contribution < 1.29 is 13.9 Å². The fourth-order valence-electron chi connectivity index (χ4n) is 2.83. The summed E-state index contributed by atoms with van der Waals surface area (Å²) in [5.74, 6) is 2.27. The highest BCUT2D eigenvalue weighted by Gasteiger charge is 2.21. The van der Waals surface area contributed by atoms with Crippen molar-refractivity contribution in [1.29, 1.82) is 0 Å². The molecule has 6 heteroatoms. The number of benzene rings is 1. The molecule has 1 aromatic carbocycles. The highest BCUT2D eigenvalue weighted by atomic mass is 19.1. The summed E-state index contributed by atoms with van der Waals surface area (Å²) < 4.78 is 18.8. The minimum absolute atomic E-state index is 0.0817. The molecule has 0 spiro atoms. The van der Waals surface area contributed by atoms with E-state index in [2.05, 4.69) is 11.2 Å². The van der Waals surface area contributed by atoms with Crippen LogP contribution in [0.25, 0.3) is 0 Å². The Labute approximate surface area is 149 Å². The maximum absolute atomic E-state index is 13.2. The van der Waals surface area contributed by atoms with Crippen LogP contribution < -0.4 is 10.2 Å². The summed E-state index contributed by atoms with van der Waals surface area (Å²) in [5.41, 5.74) is 0.818. The fourth-order valence-corrected chi connectivity index (χ4v) is 2.83. The average molecular weight is 347 g/mol. The second-order valence-corrected chi connectivity index (χ2v) is 6.21. The van der Waals surface area contributed by atoms with Gasteiger partial charge in [0.25, 0.3) is 0 Å². The van der Waals surface area contributed by atoms with Crippen LogP contribution in [0.2, 0.25) is 0 Å². The molecule has 0 unspecified atom stereocenters. The molecule has 25 heavy (non-hydrogen) atoms. The van der Waals surface area contributed by atoms with Crippen molar-refractivity contribution in [1.82, 2.24) is 10.2 Å². The van der Waals surface area contributed by atoms with Gasteiger partial charge in [-0.05, 0) is 37.5 Å². The molecule has 0 aliphatic carbocycles. The summed E-state index contributed by atoms with van der Waals surface area (Å²) in [7, 11) is 1.90. The molecule has 1 N–H and O–H groups in total. The molecule has 1 heterocycles. The van der Waals surface area contributed by atoms with E-state index in [4.69, 9.17) is 11.2 Å². The predicted molar refractivity (Wildman–Crippen MR) is 97.1 cm³/mol. The van der Waals surface area contributed by atoms with Crippen LogP contribution >= 0.6 is 0 Å². The SMILES string of the molecule is C#CCN(C[C@H]1CCCO1)C(=O)NCCCN(C)c1cccc(F)c1. The highest BCUT2D eigenvalue weighted by molar-refractivity contribution is 5.74. The lowest BCUT2D eigenvalue weighted by Gasteiger charge is -2.24. The lowest BCUT2D eigenvalue weighted by molar-refractivity contribution is 0.0846. The van der Waals surface area contributed by atoms with E-state index in [1.54, 1.807) is 11.0 Å². The zero-order valence-electron chi connectivity index (χ0n) is 14.7. The summed E-state index contributed by atoms with van der Waals surface area (Å²) in [5, 5.41) is 2.89. The number of anilines is 1. The third-order valence-corrected chi connectivity index (χ3v) is 4.21. The van der Waals surface area contributed by atoms with E-state index in [9.17, 15) is 9.18 Å². The zero-order chi connectivity index (χ0) is 18.1. The van der Waals surface area contributed by atoms with Gasteiger partial charge in [0, 0.05) is 39.0 Å². The number of rotatable bonds is 8. The third-order valence-electron chi connectivity index (χ3n) is 4.21. The van der Waals surface area contributed by atoms with Crippen molar-refractivity contribution in [2.24, 2.45) is 0 Å². The molecule has 136 valence electrons. The van der Waals surface area contributed by atoms with E-state index in [0.717, 1.165) is 31.6 Å². The molecular formula is C19H26FN3O2. The highest BCUT2D eigenvalue weighted by Crippen LogP contribution is 2.14. The molecule has 2 rings (SSSR count). The topological polar surface area (TPSA) is 44.8 Å². The molecule has 0 aromatic heterocycles. The number of nitrogens with zero attached hydrogens (tertiary/aromatic N) is 2. The Bertz CT molecular complexity index is 597. The smallest absolute Gasteiger partial charge is 0.318 e. The van der Waals surface area contributed by atoms with Gasteiger partial charge in [0.2, 0.25) is 0 Å². The summed E-state index contributed by atoms with van der Waals surface area (Å²) in [6.07, 6.45) is 8.19. The van der Waals surface area contributed by atoms with Crippen LogP contribution in [-0.4, -0.2) is 56.9 Å². The second kappa shape index (κ2) is 9.90. The number of hydrogen-bond acceptors (Lipinski definition) is 3. The standard InChI is InChI=1S/C19H26FN3O2/c1-3-11-23(15-18-9-5-13-25-18)19(24)21-10-6-12-22(2)17-8-4-7-16(20)14-17/h1,4,7-8,14,18H,5-6,9-13,15H2,2H3,(H,21,24)/t18-/m1/s1. The molecule has 5 nitrogen and oxygen atoms in total. The van der Waals surface area contributed by atoms with Gasteiger partial charge in [-0.1, -0.05) is 12.0 Å². The molecule has 0 bridgehead atoms. The van der Waals surface area contributed by atoms with Gasteiger partial charge in [0.05, 0.1) is 12.6 Å². The largest absolute Gasteiger partial charge is 0.376 e. The lowest BCUT2D eigenvalue weighted by Crippen LogP contribution is -2.44. The van der Waals surface area contributed by atoms with Crippen molar-refractivity contribution in [2.75, 3.05) is 44.7 Å². The Kier molecular flexibility index (Phi) is 7.55. The predicted octanol–water partition coefficient (Wildman–Crippen LogP) is 2.48. The summed E-state index contributed by atoms with van der Waals surface area (Å²) in [6.45, 7) is 2.80. The summed E-state index contributed by atoms with van der Waals surface area (Å²) in [4.78, 5) is 15.9. The maximum atomic E-state index is 13.2. The van der Waals surface area contributed by atoms with Crippen molar-refractivity contribution >= 4 is 11.7 Å². The normalized spacial score (nSPS) is 16.3. The fraction of sp³-hybridized carbons (Fsp3) is 0.526. The average Bonchev–Trinajstić information content (AvgIpc) is 3.11. The summed E-state index contributed by atoms with van der Waals surface area (Å²) >= 11 is 0. The number of carbonyl (C=O) groups is 1. The molecular weight excluding hydrogens is 321 g/mol. The van der Waals surface area contributed by atoms with Crippen LogP contribution in [0.5, 0.6) is 0 Å². The maximum Gasteiger partial charge on any atom is 0.318 e. The Morgan fingerprint density at radius 3 is 3.04 bits per heavy atom. The molecule has 1 aliphatic heterocycles. The van der Waals surface area contributed by atoms with Crippen LogP contribution in [0, 0.1) is 18.2 Å². The first-order valence-electron chi connectivity index (χ1n) is 8.64. The zero-order valence-corrected chi connectivity index (χ0v) is 14.7. The van der Waals surface area contributed by atoms with Crippen LogP contribution in [-0.2, 0) is 4.74 Å². The van der Waals surface area contributed by atoms with Gasteiger partial charge in [0.1, 0.15) is 5.82 Å². The number of terminal acetylenes is 1. The first-order valence-corrected chi connectivity index (χ1v) is 8.64. The van der Waals surface area contributed by atoms with E-state index in [0.29, 0.717) is 19.6 Å². The van der Waals surface area contributed by atoms with E-state index in [-0.39, 0.29) is 24.5 Å². The van der Waals surface area contributed by atoms with Crippen molar-refractivity contribution in [2.45, 2.75) is 25.4 Å². The molecule has 0 radical (unpaired) electrons. The van der Waals surface area contributed by atoms with E-state index < -0.39 is 0 Å². The van der Waals surface area contributed by atoms with E-state index in [1.807, 2.05) is 18.0 Å². The summed E-state index contributed by atoms with van der Waals surface area (Å²) in [6, 6.07) is 6.30. The van der Waals surface area contributed by atoms with Gasteiger partial charge >= 0.3 is 6.03 Å². The van der Waals surface area contributed by atoms with Crippen molar-refractivity contribution in [3.8, 4) is 12.3 Å². The minimum atomic E-state index is -0.253. The van der Waals surface area contributed by atoms with Crippen LogP contribution in [0.1, 0.15) is 19.3 Å². The number of ether oxygens (including phenoxy) is 1. The molecule has 0 saturated carbocycles. The Morgan fingerprint density at radius 1 is 1.52 bits per heavy atom. The van der Waals surface area contributed by atoms with Gasteiger partial charge < -0.3 is 19.9 Å². The van der Waals surface area contributed by atoms with Crippen LogP contribution in [0.3, 0.4) is 0 Å². The van der Waals surface area contributed by atoms with Crippen molar-refractivity contribution in [3.63, 3.8) is 0 Å². The number of carbonyl (C=O) groups excluding carboxylic acids is 1. The Morgan fingerprint density at radius 2 is 2.36 bits per heavy atom. The lowest BCUT2D eigenvalue weighted by atomic mass is 10.2. The number of hydrogen-bond donors (Lipinski definition) is 1. The van der Waals surface area contributed by atoms with E-state index in [1.165, 1.54) is 12.1 Å². The third kappa shape index (κ3) is 6.28. The second-order valence-electron chi connectivity index (χ2n) is 6.21. The van der Waals surface area contributed by atoms with Crippen molar-refractivity contribution in [3.05, 3.63) is 30.1 Å². The van der Waals surface area contributed by atoms with Gasteiger partial charge in [-0.15, -0.1) is 6.42 Å². The number of halogens is 1. The minimum Gasteiger partial charge on any atom is -0.376 e. The van der Waals surface area contributed by atoms with Gasteiger partial charge in [-0.2, -0.15) is 0 Å². The number of amides is 2. The first kappa shape index (κ1) is 19.1. The monoisotopic (exact) mass is 347 g/mol. The Balaban J connectivity index is 1.71. The van der Waals surface area contributed by atoms with Crippen LogP contribution in [0.15, 0.2) is 24.3 Å². The van der Waals surface area contributed by atoms with Gasteiger partial charge in [-0.25, -0.2) is 9.18 Å². The number of nitrogens with one attached hydrogen (secondary N) is 1. The quantitative estimate of drug-likeness (QED) is 0.580. The molecule has 1 saturated heterocycles. The Hall–Kier alpha value is -2.26. The molecule has 1 fully saturated rings. The molecule has 1 atom stereocenters. The van der Waals surface area contributed by atoms with Gasteiger partial charge in [-0.3, -0.25) is 0 Å². The molecule has 1 aliphatic rings. The van der Waals surface area contributed by atoms with E-state index >= 15 is 0 Å². The number of urea groups is 1. The molecule has 1 aromatic rings. The molecule has 2 amide bonds.